The average molecular weight is 251 g/mol. The van der Waals surface area contributed by atoms with Gasteiger partial charge >= 0.3 is 6.03 Å². The summed E-state index contributed by atoms with van der Waals surface area (Å²) in [4.78, 5) is 13.7. The number of nitrogens with zero attached hydrogens (tertiary/aromatic N) is 3. The van der Waals surface area contributed by atoms with Gasteiger partial charge in [-0.3, -0.25) is 4.90 Å². The molecule has 18 heavy (non-hydrogen) atoms. The normalized spacial score (nSPS) is 23.2. The van der Waals surface area contributed by atoms with Gasteiger partial charge in [-0.15, -0.1) is 5.92 Å². The molecule has 0 aromatic carbocycles. The Morgan fingerprint density at radius 3 is 2.78 bits per heavy atom. The topological polar surface area (TPSA) is 90.0 Å². The molecule has 1 aliphatic rings. The van der Waals surface area contributed by atoms with E-state index in [1.807, 2.05) is 0 Å². The molecule has 1 aromatic heterocycles. The molecule has 0 aliphatic carbocycles. The van der Waals surface area contributed by atoms with Crippen molar-refractivity contribution in [2.45, 2.75) is 25.8 Å². The van der Waals surface area contributed by atoms with E-state index in [9.17, 15) is 15.0 Å². The molecule has 0 radical (unpaired) electrons. The van der Waals surface area contributed by atoms with Gasteiger partial charge in [0.05, 0.1) is 12.1 Å². The highest BCUT2D eigenvalue weighted by Crippen LogP contribution is 2.26. The maximum atomic E-state index is 11.8. The zero-order valence-corrected chi connectivity index (χ0v) is 9.99. The van der Waals surface area contributed by atoms with E-state index in [1.54, 1.807) is 6.92 Å². The van der Waals surface area contributed by atoms with Gasteiger partial charge in [-0.1, -0.05) is 11.1 Å². The van der Waals surface area contributed by atoms with Gasteiger partial charge in [-0.25, -0.2) is 9.69 Å². The van der Waals surface area contributed by atoms with Crippen molar-refractivity contribution in [2.75, 3.05) is 11.9 Å². The Morgan fingerprint density at radius 2 is 2.22 bits per heavy atom. The van der Waals surface area contributed by atoms with E-state index >= 15 is 0 Å². The summed E-state index contributed by atoms with van der Waals surface area (Å²) in [7, 11) is 1.38. The van der Waals surface area contributed by atoms with Crippen LogP contribution in [0.4, 0.5) is 10.7 Å². The first kappa shape index (κ1) is 12.4. The number of hydrogen-bond donors (Lipinski definition) is 2. The van der Waals surface area contributed by atoms with Crippen molar-refractivity contribution in [3.63, 3.8) is 0 Å². The van der Waals surface area contributed by atoms with E-state index in [0.717, 1.165) is 9.80 Å². The van der Waals surface area contributed by atoms with E-state index < -0.39 is 18.5 Å². The molecule has 96 valence electrons. The number of likely N-dealkylation sites (N-methyl/N-ethyl adjacent to an activating group) is 1. The number of amides is 2. The fourth-order valence-corrected chi connectivity index (χ4v) is 1.63. The third kappa shape index (κ3) is 1.92. The predicted octanol–water partition coefficient (Wildman–Crippen LogP) is -0.251. The number of anilines is 1. The molecule has 0 bridgehead atoms. The highest BCUT2D eigenvalue weighted by atomic mass is 16.5. The van der Waals surface area contributed by atoms with E-state index in [0.29, 0.717) is 12.1 Å². The SMILES string of the molecule is CC#CCc1cc(N2C(=O)N(C)C(O)C2O)on1. The van der Waals surface area contributed by atoms with Crippen LogP contribution in [-0.4, -0.2) is 45.8 Å². The van der Waals surface area contributed by atoms with E-state index in [-0.39, 0.29) is 5.88 Å². The van der Waals surface area contributed by atoms with Crippen LogP contribution in [0.25, 0.3) is 0 Å². The van der Waals surface area contributed by atoms with Crippen LogP contribution in [0.3, 0.4) is 0 Å². The van der Waals surface area contributed by atoms with Crippen LogP contribution in [0.1, 0.15) is 12.6 Å². The fraction of sp³-hybridized carbons (Fsp3) is 0.455. The highest BCUT2D eigenvalue weighted by Gasteiger charge is 2.44. The van der Waals surface area contributed by atoms with Crippen LogP contribution in [0.2, 0.25) is 0 Å². The quantitative estimate of drug-likeness (QED) is 0.707. The molecule has 7 heteroatoms. The van der Waals surface area contributed by atoms with Crippen molar-refractivity contribution in [1.29, 1.82) is 0 Å². The number of carbonyl (C=O) groups is 1. The smallest absolute Gasteiger partial charge is 0.331 e. The summed E-state index contributed by atoms with van der Waals surface area (Å²) >= 11 is 0. The Hall–Kier alpha value is -2.04. The first-order valence-electron chi connectivity index (χ1n) is 5.33. The zero-order valence-electron chi connectivity index (χ0n) is 9.99. The monoisotopic (exact) mass is 251 g/mol. The fourth-order valence-electron chi connectivity index (χ4n) is 1.63. The second-order valence-electron chi connectivity index (χ2n) is 3.85. The third-order valence-electron chi connectivity index (χ3n) is 2.67. The van der Waals surface area contributed by atoms with Gasteiger partial charge in [0.1, 0.15) is 0 Å². The van der Waals surface area contributed by atoms with E-state index in [1.165, 1.54) is 13.1 Å². The number of hydrogen-bond acceptors (Lipinski definition) is 5. The molecule has 2 rings (SSSR count). The molecule has 0 spiro atoms. The lowest BCUT2D eigenvalue weighted by molar-refractivity contribution is -0.0190. The van der Waals surface area contributed by atoms with Crippen molar-refractivity contribution in [2.24, 2.45) is 0 Å². The lowest BCUT2D eigenvalue weighted by Crippen LogP contribution is -2.36. The zero-order chi connectivity index (χ0) is 13.3. The number of aliphatic hydroxyl groups excluding tert-OH is 2. The van der Waals surface area contributed by atoms with Crippen molar-refractivity contribution >= 4 is 11.9 Å². The molecule has 2 N–H and O–H groups in total. The molecular formula is C11H13N3O4. The van der Waals surface area contributed by atoms with E-state index in [4.69, 9.17) is 4.52 Å². The molecule has 2 atom stereocenters. The standard InChI is InChI=1S/C11H13N3O4/c1-3-4-5-7-6-8(18-12-7)14-10(16)9(15)13(2)11(14)17/h6,9-10,15-16H,5H2,1-2H3. The summed E-state index contributed by atoms with van der Waals surface area (Å²) in [5.41, 5.74) is 0.559. The van der Waals surface area contributed by atoms with Gasteiger partial charge in [0.15, 0.2) is 12.5 Å². The number of aromatic nitrogens is 1. The number of aliphatic hydroxyl groups is 2. The van der Waals surface area contributed by atoms with Crippen molar-refractivity contribution < 1.29 is 19.5 Å². The van der Waals surface area contributed by atoms with Crippen LogP contribution < -0.4 is 4.90 Å². The molecule has 1 aromatic rings. The van der Waals surface area contributed by atoms with Gasteiger partial charge in [-0.05, 0) is 6.92 Å². The number of rotatable bonds is 2. The summed E-state index contributed by atoms with van der Waals surface area (Å²) in [5, 5.41) is 23.0. The molecule has 2 unspecified atom stereocenters. The van der Waals surface area contributed by atoms with Crippen LogP contribution in [0, 0.1) is 11.8 Å². The minimum atomic E-state index is -1.37. The maximum Gasteiger partial charge on any atom is 0.331 e. The van der Waals surface area contributed by atoms with E-state index in [2.05, 4.69) is 17.0 Å². The largest absolute Gasteiger partial charge is 0.369 e. The molecule has 7 nitrogen and oxygen atoms in total. The molecule has 1 fully saturated rings. The predicted molar refractivity (Wildman–Crippen MR) is 61.3 cm³/mol. The van der Waals surface area contributed by atoms with Crippen molar-refractivity contribution in [3.05, 3.63) is 11.8 Å². The van der Waals surface area contributed by atoms with Gasteiger partial charge in [0.25, 0.3) is 0 Å². The minimum Gasteiger partial charge on any atom is -0.369 e. The summed E-state index contributed by atoms with van der Waals surface area (Å²) in [6, 6.07) is 0.955. The Labute approximate surface area is 104 Å². The Morgan fingerprint density at radius 1 is 1.50 bits per heavy atom. The third-order valence-corrected chi connectivity index (χ3v) is 2.67. The molecular weight excluding hydrogens is 238 g/mol. The summed E-state index contributed by atoms with van der Waals surface area (Å²) in [6.07, 6.45) is -2.27. The second-order valence-corrected chi connectivity index (χ2v) is 3.85. The molecule has 1 aliphatic heterocycles. The van der Waals surface area contributed by atoms with Crippen LogP contribution >= 0.6 is 0 Å². The molecule has 0 saturated carbocycles. The van der Waals surface area contributed by atoms with Crippen molar-refractivity contribution in [1.82, 2.24) is 10.1 Å². The Balaban J connectivity index is 2.23. The minimum absolute atomic E-state index is 0.0869. The van der Waals surface area contributed by atoms with Crippen LogP contribution in [0.15, 0.2) is 10.6 Å². The summed E-state index contributed by atoms with van der Waals surface area (Å²) < 4.78 is 4.97. The van der Waals surface area contributed by atoms with Gasteiger partial charge in [0, 0.05) is 13.1 Å². The number of carbonyl (C=O) groups excluding carboxylic acids is 1. The van der Waals surface area contributed by atoms with Gasteiger partial charge in [-0.2, -0.15) is 0 Å². The lowest BCUT2D eigenvalue weighted by Gasteiger charge is -2.14. The summed E-state index contributed by atoms with van der Waals surface area (Å²) in [6.45, 7) is 1.71. The van der Waals surface area contributed by atoms with Crippen LogP contribution in [-0.2, 0) is 6.42 Å². The first-order valence-corrected chi connectivity index (χ1v) is 5.33. The average Bonchev–Trinajstić information content (AvgIpc) is 2.88. The molecule has 1 saturated heterocycles. The lowest BCUT2D eigenvalue weighted by atomic mass is 10.3. The van der Waals surface area contributed by atoms with Crippen molar-refractivity contribution in [3.8, 4) is 11.8 Å². The highest BCUT2D eigenvalue weighted by molar-refractivity contribution is 5.93. The van der Waals surface area contributed by atoms with Gasteiger partial charge in [0.2, 0.25) is 5.88 Å². The number of urea groups is 1. The maximum absolute atomic E-state index is 11.8. The van der Waals surface area contributed by atoms with Crippen LogP contribution in [0.5, 0.6) is 0 Å². The molecule has 2 amide bonds. The Bertz CT molecular complexity index is 516. The Kier molecular flexibility index (Phi) is 3.23. The first-order chi connectivity index (χ1) is 8.56. The molecule has 2 heterocycles. The summed E-state index contributed by atoms with van der Waals surface area (Å²) in [5.74, 6) is 5.61. The second kappa shape index (κ2) is 4.68. The van der Waals surface area contributed by atoms with Gasteiger partial charge < -0.3 is 14.7 Å².